The van der Waals surface area contributed by atoms with Gasteiger partial charge in [0, 0.05) is 28.9 Å². The molecule has 0 fully saturated rings. The van der Waals surface area contributed by atoms with Gasteiger partial charge in [-0.3, -0.25) is 9.89 Å². The molecule has 7 nitrogen and oxygen atoms in total. The van der Waals surface area contributed by atoms with Gasteiger partial charge in [0.25, 0.3) is 0 Å². The number of imidazole rings is 1. The molecule has 0 spiro atoms. The molecule has 1 aliphatic carbocycles. The van der Waals surface area contributed by atoms with Gasteiger partial charge in [-0.25, -0.2) is 4.98 Å². The van der Waals surface area contributed by atoms with Gasteiger partial charge in [0.05, 0.1) is 17.8 Å². The van der Waals surface area contributed by atoms with E-state index in [1.54, 1.807) is 6.20 Å². The van der Waals surface area contributed by atoms with E-state index in [4.69, 9.17) is 4.42 Å². The van der Waals surface area contributed by atoms with Crippen LogP contribution in [0.15, 0.2) is 44.3 Å². The van der Waals surface area contributed by atoms with Crippen molar-refractivity contribution in [2.75, 3.05) is 5.32 Å². The van der Waals surface area contributed by atoms with Crippen molar-refractivity contribution in [2.45, 2.75) is 49.3 Å². The molecule has 0 bridgehead atoms. The molecule has 1 atom stereocenters. The number of aromatic nitrogens is 4. The number of carbonyl (C=O) groups is 1. The van der Waals surface area contributed by atoms with Crippen molar-refractivity contribution in [2.24, 2.45) is 0 Å². The van der Waals surface area contributed by atoms with Crippen molar-refractivity contribution in [3.8, 4) is 0 Å². The quantitative estimate of drug-likeness (QED) is 0.633. The first-order chi connectivity index (χ1) is 13.1. The van der Waals surface area contributed by atoms with Crippen LogP contribution >= 0.6 is 11.8 Å². The molecule has 3 aromatic heterocycles. The average Bonchev–Trinajstić information content (AvgIpc) is 3.35. The number of furan rings is 1. The third-order valence-corrected chi connectivity index (χ3v) is 6.00. The maximum Gasteiger partial charge on any atom is 0.173 e. The molecule has 3 N–H and O–H groups in total. The second kappa shape index (κ2) is 6.16. The Kier molecular flexibility index (Phi) is 3.75. The Morgan fingerprint density at radius 3 is 2.96 bits per heavy atom. The van der Waals surface area contributed by atoms with Crippen LogP contribution in [0.5, 0.6) is 0 Å². The first-order valence-electron chi connectivity index (χ1n) is 8.97. The van der Waals surface area contributed by atoms with Gasteiger partial charge in [0.1, 0.15) is 11.6 Å². The highest BCUT2D eigenvalue weighted by Gasteiger charge is 2.37. The summed E-state index contributed by atoms with van der Waals surface area (Å²) in [6.07, 6.45) is 4.09. The zero-order valence-corrected chi connectivity index (χ0v) is 15.9. The summed E-state index contributed by atoms with van der Waals surface area (Å²) in [5, 5.41) is 12.0. The SMILES string of the molecule is Cc1nc(Sc2ccc(C3C4=C(CCCC4=O)Nc4[nH]ncc43)o2)[nH]c1C. The first kappa shape index (κ1) is 16.4. The van der Waals surface area contributed by atoms with Crippen LogP contribution in [0.2, 0.25) is 0 Å². The highest BCUT2D eigenvalue weighted by Crippen LogP contribution is 2.45. The third kappa shape index (κ3) is 2.71. The molecule has 0 saturated heterocycles. The van der Waals surface area contributed by atoms with E-state index in [1.165, 1.54) is 11.8 Å². The molecule has 0 aromatic carbocycles. The van der Waals surface area contributed by atoms with Crippen LogP contribution in [-0.2, 0) is 4.79 Å². The number of allylic oxidation sites excluding steroid dienone is 2. The predicted octanol–water partition coefficient (Wildman–Crippen LogP) is 4.06. The summed E-state index contributed by atoms with van der Waals surface area (Å²) in [5.74, 6) is 1.56. The summed E-state index contributed by atoms with van der Waals surface area (Å²) in [5.41, 5.74) is 4.77. The number of ketones is 1. The molecule has 1 aliphatic heterocycles. The van der Waals surface area contributed by atoms with E-state index in [1.807, 2.05) is 26.0 Å². The Morgan fingerprint density at radius 2 is 2.15 bits per heavy atom. The highest BCUT2D eigenvalue weighted by atomic mass is 32.2. The predicted molar refractivity (Wildman–Crippen MR) is 101 cm³/mol. The van der Waals surface area contributed by atoms with Gasteiger partial charge in [-0.05, 0) is 50.6 Å². The van der Waals surface area contributed by atoms with Gasteiger partial charge in [-0.1, -0.05) is 0 Å². The lowest BCUT2D eigenvalue weighted by atomic mass is 9.79. The van der Waals surface area contributed by atoms with Crippen LogP contribution in [0.3, 0.4) is 0 Å². The molecule has 0 saturated carbocycles. The monoisotopic (exact) mass is 381 g/mol. The number of carbonyl (C=O) groups excluding carboxylic acids is 1. The highest BCUT2D eigenvalue weighted by molar-refractivity contribution is 7.99. The molecule has 4 heterocycles. The molecule has 3 aromatic rings. The summed E-state index contributed by atoms with van der Waals surface area (Å²) in [4.78, 5) is 20.4. The largest absolute Gasteiger partial charge is 0.453 e. The Morgan fingerprint density at radius 1 is 1.26 bits per heavy atom. The second-order valence-corrected chi connectivity index (χ2v) is 7.93. The van der Waals surface area contributed by atoms with Crippen molar-refractivity contribution in [1.82, 2.24) is 20.2 Å². The number of nitrogens with zero attached hydrogens (tertiary/aromatic N) is 2. The fourth-order valence-corrected chi connectivity index (χ4v) is 4.60. The molecule has 8 heteroatoms. The molecule has 1 unspecified atom stereocenters. The van der Waals surface area contributed by atoms with Gasteiger partial charge in [0.15, 0.2) is 16.0 Å². The van der Waals surface area contributed by atoms with Crippen LogP contribution in [0.1, 0.15) is 47.9 Å². The van der Waals surface area contributed by atoms with E-state index in [-0.39, 0.29) is 11.7 Å². The van der Waals surface area contributed by atoms with Gasteiger partial charge in [-0.15, -0.1) is 0 Å². The maximum absolute atomic E-state index is 12.7. The minimum atomic E-state index is -0.225. The Hall–Kier alpha value is -2.74. The van der Waals surface area contributed by atoms with Gasteiger partial charge in [-0.2, -0.15) is 5.10 Å². The number of rotatable bonds is 3. The average molecular weight is 381 g/mol. The lowest BCUT2D eigenvalue weighted by molar-refractivity contribution is -0.116. The van der Waals surface area contributed by atoms with Crippen LogP contribution in [-0.4, -0.2) is 25.9 Å². The number of aromatic amines is 2. The number of hydrogen-bond donors (Lipinski definition) is 3. The van der Waals surface area contributed by atoms with Gasteiger partial charge >= 0.3 is 0 Å². The molecule has 138 valence electrons. The Bertz CT molecular complexity index is 1050. The van der Waals surface area contributed by atoms with Gasteiger partial charge in [0.2, 0.25) is 0 Å². The normalized spacial score (nSPS) is 19.0. The summed E-state index contributed by atoms with van der Waals surface area (Å²) in [6.45, 7) is 3.97. The summed E-state index contributed by atoms with van der Waals surface area (Å²) >= 11 is 1.45. The van der Waals surface area contributed by atoms with E-state index in [9.17, 15) is 4.79 Å². The lowest BCUT2D eigenvalue weighted by Crippen LogP contribution is -2.26. The molecule has 5 rings (SSSR count). The third-order valence-electron chi connectivity index (χ3n) is 5.19. The molecule has 0 amide bonds. The number of Topliss-reactive ketones (excluding diaryl/α,β-unsaturated/α-hetero) is 1. The van der Waals surface area contributed by atoms with Crippen molar-refractivity contribution in [1.29, 1.82) is 0 Å². The van der Waals surface area contributed by atoms with E-state index >= 15 is 0 Å². The number of aryl methyl sites for hydroxylation is 2. The molecular formula is C19H19N5O2S. The fourth-order valence-electron chi connectivity index (χ4n) is 3.75. The van der Waals surface area contributed by atoms with Gasteiger partial charge < -0.3 is 14.7 Å². The second-order valence-electron chi connectivity index (χ2n) is 6.94. The number of hydrogen-bond acceptors (Lipinski definition) is 6. The molecule has 0 radical (unpaired) electrons. The summed E-state index contributed by atoms with van der Waals surface area (Å²) in [7, 11) is 0. The van der Waals surface area contributed by atoms with Crippen LogP contribution in [0.4, 0.5) is 5.82 Å². The fraction of sp³-hybridized carbons (Fsp3) is 0.316. The van der Waals surface area contributed by atoms with E-state index in [0.717, 1.165) is 62.9 Å². The number of fused-ring (bicyclic) bond motifs is 1. The van der Waals surface area contributed by atoms with E-state index < -0.39 is 0 Å². The minimum Gasteiger partial charge on any atom is -0.453 e. The molecular weight excluding hydrogens is 362 g/mol. The number of nitrogens with one attached hydrogen (secondary N) is 3. The number of anilines is 1. The maximum atomic E-state index is 12.7. The summed E-state index contributed by atoms with van der Waals surface area (Å²) in [6, 6.07) is 3.88. The van der Waals surface area contributed by atoms with Crippen molar-refractivity contribution >= 4 is 23.4 Å². The van der Waals surface area contributed by atoms with E-state index in [0.29, 0.717) is 6.42 Å². The molecule has 2 aliphatic rings. The first-order valence-corrected chi connectivity index (χ1v) is 9.79. The summed E-state index contributed by atoms with van der Waals surface area (Å²) < 4.78 is 6.15. The Labute approximate surface area is 160 Å². The van der Waals surface area contributed by atoms with Crippen molar-refractivity contribution < 1.29 is 9.21 Å². The lowest BCUT2D eigenvalue weighted by Gasteiger charge is -2.30. The van der Waals surface area contributed by atoms with Crippen LogP contribution in [0.25, 0.3) is 0 Å². The zero-order valence-electron chi connectivity index (χ0n) is 15.0. The zero-order chi connectivity index (χ0) is 18.5. The smallest absolute Gasteiger partial charge is 0.173 e. The van der Waals surface area contributed by atoms with Crippen molar-refractivity contribution in [3.05, 3.63) is 52.3 Å². The van der Waals surface area contributed by atoms with E-state index in [2.05, 4.69) is 25.5 Å². The standard InChI is InChI=1S/C19H19N5O2S/c1-9-10(2)22-19(21-9)27-15-7-6-14(26-15)16-11-8-20-24-18(11)23-12-4-3-5-13(25)17(12)16/h6-8,16H,3-5H2,1-2H3,(H,21,22)(H2,20,23,24). The van der Waals surface area contributed by atoms with Crippen molar-refractivity contribution in [3.63, 3.8) is 0 Å². The molecule has 27 heavy (non-hydrogen) atoms. The minimum absolute atomic E-state index is 0.184. The Balaban J connectivity index is 1.52. The number of H-pyrrole nitrogens is 2. The van der Waals surface area contributed by atoms with Crippen LogP contribution < -0.4 is 5.32 Å². The topological polar surface area (TPSA) is 99.6 Å². The van der Waals surface area contributed by atoms with Crippen LogP contribution in [0, 0.1) is 13.8 Å².